The van der Waals surface area contributed by atoms with E-state index in [2.05, 4.69) is 103 Å². The van der Waals surface area contributed by atoms with Crippen molar-refractivity contribution in [2.45, 2.75) is 0 Å². The summed E-state index contributed by atoms with van der Waals surface area (Å²) < 4.78 is 8.81. The van der Waals surface area contributed by atoms with E-state index >= 15 is 0 Å². The summed E-state index contributed by atoms with van der Waals surface area (Å²) in [5, 5.41) is 4.58. The fourth-order valence-electron chi connectivity index (χ4n) is 6.99. The summed E-state index contributed by atoms with van der Waals surface area (Å²) in [4.78, 5) is 15.5. The number of nitrogens with zero attached hydrogens (tertiary/aromatic N) is 3. The number of aromatic nitrogens is 3. The van der Waals surface area contributed by atoms with E-state index in [0.717, 1.165) is 55.3 Å². The zero-order chi connectivity index (χ0) is 33.0. The fraction of sp³-hybridized carbons (Fsp3) is 0. The van der Waals surface area contributed by atoms with Crippen LogP contribution < -0.4 is 0 Å². The van der Waals surface area contributed by atoms with Crippen LogP contribution in [0.1, 0.15) is 0 Å². The van der Waals surface area contributed by atoms with E-state index in [0.29, 0.717) is 17.5 Å². The van der Waals surface area contributed by atoms with Crippen molar-refractivity contribution in [3.63, 3.8) is 0 Å². The van der Waals surface area contributed by atoms with Crippen molar-refractivity contribution in [3.8, 4) is 56.4 Å². The summed E-state index contributed by atoms with van der Waals surface area (Å²) >= 11 is 1.84. The molecule has 3 heterocycles. The molecule has 0 amide bonds. The first kappa shape index (κ1) is 28.6. The van der Waals surface area contributed by atoms with Crippen LogP contribution in [0.4, 0.5) is 0 Å². The van der Waals surface area contributed by atoms with E-state index in [-0.39, 0.29) is 0 Å². The van der Waals surface area contributed by atoms with Gasteiger partial charge in [0.1, 0.15) is 11.2 Å². The van der Waals surface area contributed by atoms with Gasteiger partial charge in [0.15, 0.2) is 17.5 Å². The molecular weight excluding hydrogens is 631 g/mol. The quantitative estimate of drug-likeness (QED) is 0.185. The van der Waals surface area contributed by atoms with Gasteiger partial charge in [0.25, 0.3) is 0 Å². The molecule has 0 atom stereocenters. The van der Waals surface area contributed by atoms with Crippen molar-refractivity contribution in [1.82, 2.24) is 15.0 Å². The number of thiophene rings is 1. The molecule has 3 aromatic heterocycles. The Balaban J connectivity index is 1.24. The Hall–Kier alpha value is -6.43. The Labute approximate surface area is 292 Å². The molecule has 0 saturated heterocycles. The lowest BCUT2D eigenvalue weighted by atomic mass is 9.95. The summed E-state index contributed by atoms with van der Waals surface area (Å²) in [6.45, 7) is 0. The molecule has 0 aliphatic heterocycles. The standard InChI is InChI=1S/C45H27N3OS/c1-3-13-28(14-4-1)30-25-31(33-19-11-20-35-34-17-8-10-24-40(34)50-42(33)35)27-32(26-30)44-46-43(29-15-5-2-6-16-29)47-45(48-44)37-21-12-23-39-41(37)36-18-7-9-22-38(36)49-39/h1-27H. The molecule has 0 bridgehead atoms. The van der Waals surface area contributed by atoms with Gasteiger partial charge in [-0.2, -0.15) is 0 Å². The number of furan rings is 1. The molecule has 0 fully saturated rings. The van der Waals surface area contributed by atoms with E-state index in [1.54, 1.807) is 0 Å². The molecule has 50 heavy (non-hydrogen) atoms. The summed E-state index contributed by atoms with van der Waals surface area (Å²) in [6, 6.07) is 56.9. The number of hydrogen-bond donors (Lipinski definition) is 0. The first-order chi connectivity index (χ1) is 24.8. The number of benzene rings is 7. The van der Waals surface area contributed by atoms with Crippen LogP contribution in [0.2, 0.25) is 0 Å². The van der Waals surface area contributed by atoms with Crippen LogP contribution in [0.25, 0.3) is 98.5 Å². The van der Waals surface area contributed by atoms with Crippen LogP contribution in [-0.4, -0.2) is 15.0 Å². The molecule has 5 heteroatoms. The van der Waals surface area contributed by atoms with E-state index in [1.165, 1.54) is 25.7 Å². The van der Waals surface area contributed by atoms with Crippen LogP contribution in [0.15, 0.2) is 168 Å². The molecule has 10 aromatic rings. The average molecular weight is 658 g/mol. The van der Waals surface area contributed by atoms with Gasteiger partial charge in [0.2, 0.25) is 0 Å². The third kappa shape index (κ3) is 4.79. The van der Waals surface area contributed by atoms with Gasteiger partial charge in [-0.1, -0.05) is 127 Å². The minimum absolute atomic E-state index is 0.601. The number of rotatable bonds is 5. The Kier molecular flexibility index (Phi) is 6.64. The lowest BCUT2D eigenvalue weighted by Crippen LogP contribution is -2.01. The molecule has 0 unspecified atom stereocenters. The van der Waals surface area contributed by atoms with Gasteiger partial charge < -0.3 is 4.42 Å². The highest BCUT2D eigenvalue weighted by Crippen LogP contribution is 2.42. The highest BCUT2D eigenvalue weighted by Gasteiger charge is 2.19. The summed E-state index contributed by atoms with van der Waals surface area (Å²) in [6.07, 6.45) is 0. The van der Waals surface area contributed by atoms with Crippen LogP contribution in [0.3, 0.4) is 0 Å². The molecule has 0 spiro atoms. The maximum atomic E-state index is 6.26. The maximum absolute atomic E-state index is 6.26. The second kappa shape index (κ2) is 11.6. The zero-order valence-corrected chi connectivity index (χ0v) is 27.6. The Morgan fingerprint density at radius 3 is 1.80 bits per heavy atom. The van der Waals surface area contributed by atoms with Gasteiger partial charge in [-0.15, -0.1) is 11.3 Å². The number of fused-ring (bicyclic) bond motifs is 6. The average Bonchev–Trinajstić information content (AvgIpc) is 3.77. The Morgan fingerprint density at radius 2 is 0.960 bits per heavy atom. The third-order valence-electron chi connectivity index (χ3n) is 9.32. The van der Waals surface area contributed by atoms with Gasteiger partial charge >= 0.3 is 0 Å². The molecule has 10 rings (SSSR count). The summed E-state index contributed by atoms with van der Waals surface area (Å²) in [7, 11) is 0. The van der Waals surface area contributed by atoms with Gasteiger partial charge in [0.05, 0.1) is 0 Å². The summed E-state index contributed by atoms with van der Waals surface area (Å²) in [5.74, 6) is 1.83. The van der Waals surface area contributed by atoms with Crippen LogP contribution in [0.5, 0.6) is 0 Å². The molecular formula is C45H27N3OS. The molecule has 0 aliphatic rings. The van der Waals surface area contributed by atoms with Crippen molar-refractivity contribution in [3.05, 3.63) is 164 Å². The van der Waals surface area contributed by atoms with E-state index in [4.69, 9.17) is 19.4 Å². The normalized spacial score (nSPS) is 11.6. The monoisotopic (exact) mass is 657 g/mol. The van der Waals surface area contributed by atoms with Gasteiger partial charge in [-0.25, -0.2) is 15.0 Å². The molecule has 234 valence electrons. The van der Waals surface area contributed by atoms with Crippen molar-refractivity contribution in [2.75, 3.05) is 0 Å². The first-order valence-corrected chi connectivity index (χ1v) is 17.4. The van der Waals surface area contributed by atoms with Gasteiger partial charge in [-0.3, -0.25) is 0 Å². The Bertz CT molecular complexity index is 2870. The SMILES string of the molecule is c1ccc(-c2cc(-c3nc(-c4ccccc4)nc(-c4cccc5oc6ccccc6c45)n3)cc(-c3cccc4c3sc3ccccc34)c2)cc1. The Morgan fingerprint density at radius 1 is 0.380 bits per heavy atom. The smallest absolute Gasteiger partial charge is 0.164 e. The van der Waals surface area contributed by atoms with Crippen molar-refractivity contribution in [1.29, 1.82) is 0 Å². The van der Waals surface area contributed by atoms with Gasteiger partial charge in [-0.05, 0) is 58.7 Å². The third-order valence-corrected chi connectivity index (χ3v) is 10.5. The second-order valence-electron chi connectivity index (χ2n) is 12.4. The maximum Gasteiger partial charge on any atom is 0.164 e. The minimum atomic E-state index is 0.601. The summed E-state index contributed by atoms with van der Waals surface area (Å²) in [5.41, 5.74) is 8.93. The molecule has 0 N–H and O–H groups in total. The highest BCUT2D eigenvalue weighted by atomic mass is 32.1. The molecule has 0 radical (unpaired) electrons. The van der Waals surface area contributed by atoms with E-state index in [9.17, 15) is 0 Å². The second-order valence-corrected chi connectivity index (χ2v) is 13.4. The first-order valence-electron chi connectivity index (χ1n) is 16.6. The minimum Gasteiger partial charge on any atom is -0.456 e. The predicted molar refractivity (Wildman–Crippen MR) is 207 cm³/mol. The molecule has 0 aliphatic carbocycles. The van der Waals surface area contributed by atoms with Crippen molar-refractivity contribution in [2.24, 2.45) is 0 Å². The van der Waals surface area contributed by atoms with Crippen molar-refractivity contribution >= 4 is 53.4 Å². The molecule has 7 aromatic carbocycles. The fourth-order valence-corrected chi connectivity index (χ4v) is 8.23. The van der Waals surface area contributed by atoms with Crippen molar-refractivity contribution < 1.29 is 4.42 Å². The lowest BCUT2D eigenvalue weighted by Gasteiger charge is -2.13. The largest absolute Gasteiger partial charge is 0.456 e. The van der Waals surface area contributed by atoms with Gasteiger partial charge in [0, 0.05) is 47.6 Å². The highest BCUT2D eigenvalue weighted by molar-refractivity contribution is 7.26. The molecule has 0 saturated carbocycles. The lowest BCUT2D eigenvalue weighted by molar-refractivity contribution is 0.669. The van der Waals surface area contributed by atoms with Crippen LogP contribution >= 0.6 is 11.3 Å². The zero-order valence-electron chi connectivity index (χ0n) is 26.7. The van der Waals surface area contributed by atoms with Crippen LogP contribution in [0, 0.1) is 0 Å². The topological polar surface area (TPSA) is 51.8 Å². The number of hydrogen-bond acceptors (Lipinski definition) is 5. The van der Waals surface area contributed by atoms with E-state index in [1.807, 2.05) is 72.0 Å². The van der Waals surface area contributed by atoms with E-state index < -0.39 is 0 Å². The van der Waals surface area contributed by atoms with Crippen LogP contribution in [-0.2, 0) is 0 Å². The number of para-hydroxylation sites is 1. The predicted octanol–water partition coefficient (Wildman–Crippen LogP) is 12.5. The molecule has 4 nitrogen and oxygen atoms in total.